The number of anilines is 1. The lowest BCUT2D eigenvalue weighted by Gasteiger charge is -2.36. The minimum absolute atomic E-state index is 0.0738. The minimum Gasteiger partial charge on any atom is -0.497 e. The number of rotatable bonds is 5. The third-order valence-electron chi connectivity index (χ3n) is 5.43. The first-order valence-electron chi connectivity index (χ1n) is 10.2. The van der Waals surface area contributed by atoms with Crippen LogP contribution in [0.3, 0.4) is 0 Å². The number of carbonyl (C=O) groups excluding carboxylic acids is 1. The van der Waals surface area contributed by atoms with Gasteiger partial charge in [-0.2, -0.15) is 0 Å². The highest BCUT2D eigenvalue weighted by Gasteiger charge is 2.24. The number of benzene rings is 3. The molecule has 0 spiro atoms. The van der Waals surface area contributed by atoms with Crippen LogP contribution in [-0.2, 0) is 4.79 Å². The van der Waals surface area contributed by atoms with Crippen LogP contribution in [0.15, 0.2) is 84.9 Å². The summed E-state index contributed by atoms with van der Waals surface area (Å²) >= 11 is 0. The molecular weight excluding hydrogens is 372 g/mol. The number of ether oxygens (including phenoxy) is 1. The van der Waals surface area contributed by atoms with Crippen LogP contribution in [0, 0.1) is 0 Å². The molecule has 0 saturated carbocycles. The molecule has 0 aromatic heterocycles. The van der Waals surface area contributed by atoms with E-state index in [1.54, 1.807) is 7.11 Å². The molecule has 1 aliphatic heterocycles. The minimum atomic E-state index is 0.0738. The van der Waals surface area contributed by atoms with Crippen molar-refractivity contribution < 1.29 is 9.53 Å². The van der Waals surface area contributed by atoms with Gasteiger partial charge in [0.25, 0.3) is 5.91 Å². The molecule has 4 rings (SSSR count). The first-order chi connectivity index (χ1) is 14.7. The lowest BCUT2D eigenvalue weighted by molar-refractivity contribution is -0.125. The second-order valence-corrected chi connectivity index (χ2v) is 7.31. The zero-order chi connectivity index (χ0) is 20.8. The smallest absolute Gasteiger partial charge is 0.254 e. The third kappa shape index (κ3) is 4.54. The van der Waals surface area contributed by atoms with Crippen molar-refractivity contribution in [2.45, 2.75) is 0 Å². The Morgan fingerprint density at radius 1 is 0.800 bits per heavy atom. The van der Waals surface area contributed by atoms with Gasteiger partial charge in [-0.05, 0) is 41.5 Å². The van der Waals surface area contributed by atoms with E-state index in [-0.39, 0.29) is 5.91 Å². The predicted octanol–water partition coefficient (Wildman–Crippen LogP) is 4.58. The van der Waals surface area contributed by atoms with Crippen molar-refractivity contribution in [3.8, 4) is 5.75 Å². The SMILES string of the molecule is COc1ccc(/C=C(\C(=O)N2CCN(c3ccccc3)CC2)c2ccccc2)cc1. The number of nitrogens with zero attached hydrogens (tertiary/aromatic N) is 2. The maximum atomic E-state index is 13.5. The van der Waals surface area contributed by atoms with Gasteiger partial charge in [0.05, 0.1) is 7.11 Å². The summed E-state index contributed by atoms with van der Waals surface area (Å²) in [6, 6.07) is 28.1. The fraction of sp³-hybridized carbons (Fsp3) is 0.192. The molecule has 0 N–H and O–H groups in total. The number of hydrogen-bond acceptors (Lipinski definition) is 3. The van der Waals surface area contributed by atoms with E-state index in [9.17, 15) is 4.79 Å². The molecule has 0 radical (unpaired) electrons. The summed E-state index contributed by atoms with van der Waals surface area (Å²) in [5.74, 6) is 0.876. The van der Waals surface area contributed by atoms with Crippen molar-refractivity contribution in [1.29, 1.82) is 0 Å². The highest BCUT2D eigenvalue weighted by molar-refractivity contribution is 6.24. The quantitative estimate of drug-likeness (QED) is 0.466. The van der Waals surface area contributed by atoms with Crippen molar-refractivity contribution in [3.63, 3.8) is 0 Å². The zero-order valence-corrected chi connectivity index (χ0v) is 17.2. The van der Waals surface area contributed by atoms with E-state index in [1.165, 1.54) is 5.69 Å². The van der Waals surface area contributed by atoms with E-state index in [0.29, 0.717) is 18.7 Å². The molecule has 1 fully saturated rings. The van der Waals surface area contributed by atoms with Gasteiger partial charge in [0.2, 0.25) is 0 Å². The number of piperazine rings is 1. The average Bonchev–Trinajstić information content (AvgIpc) is 2.84. The maximum Gasteiger partial charge on any atom is 0.254 e. The van der Waals surface area contributed by atoms with Crippen molar-refractivity contribution in [1.82, 2.24) is 4.90 Å². The largest absolute Gasteiger partial charge is 0.497 e. The highest BCUT2D eigenvalue weighted by atomic mass is 16.5. The number of para-hydroxylation sites is 1. The number of methoxy groups -OCH3 is 1. The van der Waals surface area contributed by atoms with Crippen LogP contribution in [0.2, 0.25) is 0 Å². The van der Waals surface area contributed by atoms with Crippen LogP contribution in [0.25, 0.3) is 11.6 Å². The van der Waals surface area contributed by atoms with Crippen molar-refractivity contribution in [2.75, 3.05) is 38.2 Å². The van der Waals surface area contributed by atoms with E-state index in [1.807, 2.05) is 71.6 Å². The molecular formula is C26H26N2O2. The average molecular weight is 399 g/mol. The van der Waals surface area contributed by atoms with Crippen LogP contribution < -0.4 is 9.64 Å². The Morgan fingerprint density at radius 3 is 2.00 bits per heavy atom. The van der Waals surface area contributed by atoms with Crippen LogP contribution in [0.1, 0.15) is 11.1 Å². The lowest BCUT2D eigenvalue weighted by atomic mass is 10.0. The standard InChI is InChI=1S/C26H26N2O2/c1-30-24-14-12-21(13-15-24)20-25(22-8-4-2-5-9-22)26(29)28-18-16-27(17-19-28)23-10-6-3-7-11-23/h2-15,20H,16-19H2,1H3/b25-20-. The van der Waals surface area contributed by atoms with Crippen LogP contribution in [-0.4, -0.2) is 44.1 Å². The van der Waals surface area contributed by atoms with Gasteiger partial charge in [0.15, 0.2) is 0 Å². The second-order valence-electron chi connectivity index (χ2n) is 7.31. The summed E-state index contributed by atoms with van der Waals surface area (Å²) < 4.78 is 5.25. The molecule has 1 saturated heterocycles. The van der Waals surface area contributed by atoms with E-state index >= 15 is 0 Å². The Kier molecular flexibility index (Phi) is 6.14. The first-order valence-corrected chi connectivity index (χ1v) is 10.2. The van der Waals surface area contributed by atoms with Gasteiger partial charge in [0, 0.05) is 37.4 Å². The molecule has 1 aliphatic rings. The molecule has 1 heterocycles. The fourth-order valence-corrected chi connectivity index (χ4v) is 3.73. The van der Waals surface area contributed by atoms with Gasteiger partial charge in [0.1, 0.15) is 5.75 Å². The molecule has 0 aliphatic carbocycles. The fourth-order valence-electron chi connectivity index (χ4n) is 3.73. The van der Waals surface area contributed by atoms with E-state index < -0.39 is 0 Å². The number of hydrogen-bond donors (Lipinski definition) is 0. The Balaban J connectivity index is 1.55. The molecule has 152 valence electrons. The summed E-state index contributed by atoms with van der Waals surface area (Å²) in [4.78, 5) is 17.8. The van der Waals surface area contributed by atoms with Crippen LogP contribution in [0.4, 0.5) is 5.69 Å². The van der Waals surface area contributed by atoms with E-state index in [4.69, 9.17) is 4.74 Å². The summed E-state index contributed by atoms with van der Waals surface area (Å²) in [7, 11) is 1.65. The first kappa shape index (κ1) is 19.8. The monoisotopic (exact) mass is 398 g/mol. The van der Waals surface area contributed by atoms with Crippen molar-refractivity contribution in [2.24, 2.45) is 0 Å². The topological polar surface area (TPSA) is 32.8 Å². The summed E-state index contributed by atoms with van der Waals surface area (Å²) in [5.41, 5.74) is 3.84. The second kappa shape index (κ2) is 9.31. The van der Waals surface area contributed by atoms with Crippen molar-refractivity contribution >= 4 is 23.2 Å². The molecule has 0 atom stereocenters. The predicted molar refractivity (Wildman–Crippen MR) is 123 cm³/mol. The number of carbonyl (C=O) groups is 1. The van der Waals surface area contributed by atoms with Crippen molar-refractivity contribution in [3.05, 3.63) is 96.1 Å². The molecule has 30 heavy (non-hydrogen) atoms. The van der Waals surface area contributed by atoms with Gasteiger partial charge in [-0.1, -0.05) is 60.7 Å². The Hall–Kier alpha value is -3.53. The molecule has 0 bridgehead atoms. The molecule has 4 heteroatoms. The lowest BCUT2D eigenvalue weighted by Crippen LogP contribution is -2.49. The van der Waals surface area contributed by atoms with Crippen LogP contribution >= 0.6 is 0 Å². The molecule has 3 aromatic rings. The summed E-state index contributed by atoms with van der Waals surface area (Å²) in [5, 5.41) is 0. The molecule has 3 aromatic carbocycles. The summed E-state index contributed by atoms with van der Waals surface area (Å²) in [6.45, 7) is 3.09. The number of amides is 1. The van der Waals surface area contributed by atoms with E-state index in [2.05, 4.69) is 29.2 Å². The third-order valence-corrected chi connectivity index (χ3v) is 5.43. The highest BCUT2D eigenvalue weighted by Crippen LogP contribution is 2.24. The van der Waals surface area contributed by atoms with Gasteiger partial charge < -0.3 is 14.5 Å². The van der Waals surface area contributed by atoms with E-state index in [0.717, 1.165) is 30.0 Å². The van der Waals surface area contributed by atoms with Gasteiger partial charge in [-0.25, -0.2) is 0 Å². The Bertz CT molecular complexity index is 990. The van der Waals surface area contributed by atoms with Crippen LogP contribution in [0.5, 0.6) is 5.75 Å². The van der Waals surface area contributed by atoms with Gasteiger partial charge in [-0.15, -0.1) is 0 Å². The molecule has 4 nitrogen and oxygen atoms in total. The molecule has 1 amide bonds. The van der Waals surface area contributed by atoms with Gasteiger partial charge in [-0.3, -0.25) is 4.79 Å². The Morgan fingerprint density at radius 2 is 1.40 bits per heavy atom. The summed E-state index contributed by atoms with van der Waals surface area (Å²) in [6.07, 6.45) is 1.97. The molecule has 0 unspecified atom stereocenters. The maximum absolute atomic E-state index is 13.5. The Labute approximate surface area is 178 Å². The normalized spacial score (nSPS) is 14.5. The van der Waals surface area contributed by atoms with Gasteiger partial charge >= 0.3 is 0 Å². The zero-order valence-electron chi connectivity index (χ0n) is 17.2.